The summed E-state index contributed by atoms with van der Waals surface area (Å²) in [5, 5.41) is 1.75. The van der Waals surface area contributed by atoms with Crippen molar-refractivity contribution in [2.24, 2.45) is 0 Å². The van der Waals surface area contributed by atoms with Gasteiger partial charge < -0.3 is 4.42 Å². The van der Waals surface area contributed by atoms with Crippen LogP contribution in [0.15, 0.2) is 51.7 Å². The average Bonchev–Trinajstić information content (AvgIpc) is 3.31. The number of fused-ring (bicyclic) bond motifs is 1. The molecule has 2 aromatic carbocycles. The lowest BCUT2D eigenvalue weighted by Gasteiger charge is -2.13. The first-order valence-corrected chi connectivity index (χ1v) is 7.78. The van der Waals surface area contributed by atoms with Crippen LogP contribution in [-0.4, -0.2) is 0 Å². The molecule has 0 bridgehead atoms. The molecule has 0 saturated heterocycles. The predicted molar refractivity (Wildman–Crippen MR) is 89.4 cm³/mol. The van der Waals surface area contributed by atoms with Crippen LogP contribution in [-0.2, 0) is 0 Å². The highest BCUT2D eigenvalue weighted by Gasteiger charge is 2.31. The molecule has 1 aromatic heterocycles. The van der Waals surface area contributed by atoms with Gasteiger partial charge >= 0.3 is 5.63 Å². The molecule has 1 heterocycles. The fourth-order valence-corrected chi connectivity index (χ4v) is 3.31. The quantitative estimate of drug-likeness (QED) is 0.668. The van der Waals surface area contributed by atoms with Crippen LogP contribution in [0.4, 0.5) is 0 Å². The number of hydrogen-bond donors (Lipinski definition) is 0. The van der Waals surface area contributed by atoms with Crippen LogP contribution in [0.5, 0.6) is 0 Å². The molecule has 110 valence electrons. The van der Waals surface area contributed by atoms with Crippen LogP contribution in [0, 0.1) is 13.8 Å². The lowest BCUT2D eigenvalue weighted by Crippen LogP contribution is -2.06. The van der Waals surface area contributed by atoms with Crippen LogP contribution in [0.25, 0.3) is 21.9 Å². The molecule has 0 amide bonds. The molecule has 0 radical (unpaired) electrons. The molecule has 4 rings (SSSR count). The van der Waals surface area contributed by atoms with Crippen molar-refractivity contribution in [1.29, 1.82) is 0 Å². The van der Waals surface area contributed by atoms with Crippen LogP contribution in [0.1, 0.15) is 35.6 Å². The van der Waals surface area contributed by atoms with Crippen molar-refractivity contribution in [3.8, 4) is 11.1 Å². The summed E-state index contributed by atoms with van der Waals surface area (Å²) in [5.41, 5.74) is 4.19. The van der Waals surface area contributed by atoms with Crippen molar-refractivity contribution < 1.29 is 4.42 Å². The Morgan fingerprint density at radius 2 is 1.77 bits per heavy atom. The van der Waals surface area contributed by atoms with Gasteiger partial charge in [-0.15, -0.1) is 0 Å². The van der Waals surface area contributed by atoms with E-state index in [9.17, 15) is 4.79 Å². The standard InChI is InChI=1S/C20H18O2/c1-12-10-13(2)17-16(11-12)18(14-6-4-3-5-7-14)19(15-8-9-15)22-20(17)21/h3-7,10-11,15H,8-9H2,1-2H3. The monoisotopic (exact) mass is 290 g/mol. The maximum Gasteiger partial charge on any atom is 0.344 e. The van der Waals surface area contributed by atoms with Gasteiger partial charge in [-0.05, 0) is 37.8 Å². The fourth-order valence-electron chi connectivity index (χ4n) is 3.31. The Morgan fingerprint density at radius 1 is 1.05 bits per heavy atom. The summed E-state index contributed by atoms with van der Waals surface area (Å²) in [7, 11) is 0. The van der Waals surface area contributed by atoms with Gasteiger partial charge in [0.25, 0.3) is 0 Å². The molecule has 3 aromatic rings. The first-order chi connectivity index (χ1) is 10.6. The number of hydrogen-bond acceptors (Lipinski definition) is 2. The summed E-state index contributed by atoms with van der Waals surface area (Å²) in [5.74, 6) is 1.27. The van der Waals surface area contributed by atoms with Gasteiger partial charge in [0.2, 0.25) is 0 Å². The van der Waals surface area contributed by atoms with Crippen molar-refractivity contribution >= 4 is 10.8 Å². The topological polar surface area (TPSA) is 30.2 Å². The molecule has 1 fully saturated rings. The summed E-state index contributed by atoms with van der Waals surface area (Å²) in [6, 6.07) is 14.4. The molecule has 1 aliphatic carbocycles. The van der Waals surface area contributed by atoms with Crippen LogP contribution in [0.3, 0.4) is 0 Å². The fraction of sp³-hybridized carbons (Fsp3) is 0.250. The normalized spacial score (nSPS) is 14.5. The maximum atomic E-state index is 12.5. The second-order valence-corrected chi connectivity index (χ2v) is 6.27. The lowest BCUT2D eigenvalue weighted by atomic mass is 9.94. The number of rotatable bonds is 2. The van der Waals surface area contributed by atoms with E-state index in [-0.39, 0.29) is 5.63 Å². The average molecular weight is 290 g/mol. The highest BCUT2D eigenvalue weighted by Crippen LogP contribution is 2.46. The SMILES string of the molecule is Cc1cc(C)c2c(=O)oc(C3CC3)c(-c3ccccc3)c2c1. The molecule has 22 heavy (non-hydrogen) atoms. The molecular formula is C20H18O2. The van der Waals surface area contributed by atoms with Crippen molar-refractivity contribution in [1.82, 2.24) is 0 Å². The van der Waals surface area contributed by atoms with E-state index < -0.39 is 0 Å². The van der Waals surface area contributed by atoms with Gasteiger partial charge in [0.05, 0.1) is 5.39 Å². The molecule has 0 spiro atoms. The number of benzene rings is 2. The van der Waals surface area contributed by atoms with Gasteiger partial charge in [-0.1, -0.05) is 48.0 Å². The highest BCUT2D eigenvalue weighted by molar-refractivity contribution is 5.98. The minimum Gasteiger partial charge on any atom is -0.426 e. The van der Waals surface area contributed by atoms with Gasteiger partial charge in [-0.2, -0.15) is 0 Å². The van der Waals surface area contributed by atoms with Crippen molar-refractivity contribution in [3.63, 3.8) is 0 Å². The minimum absolute atomic E-state index is 0.200. The van der Waals surface area contributed by atoms with Gasteiger partial charge in [0.15, 0.2) is 0 Å². The van der Waals surface area contributed by atoms with Crippen molar-refractivity contribution in [2.45, 2.75) is 32.6 Å². The van der Waals surface area contributed by atoms with E-state index in [1.807, 2.05) is 31.2 Å². The zero-order chi connectivity index (χ0) is 15.3. The molecule has 2 nitrogen and oxygen atoms in total. The Balaban J connectivity index is 2.18. The van der Waals surface area contributed by atoms with Crippen LogP contribution in [0.2, 0.25) is 0 Å². The van der Waals surface area contributed by atoms with E-state index in [0.29, 0.717) is 11.3 Å². The summed E-state index contributed by atoms with van der Waals surface area (Å²) in [4.78, 5) is 12.5. The smallest absolute Gasteiger partial charge is 0.344 e. The first-order valence-electron chi connectivity index (χ1n) is 7.78. The van der Waals surface area contributed by atoms with E-state index in [2.05, 4.69) is 25.1 Å². The Kier molecular flexibility index (Phi) is 2.93. The summed E-state index contributed by atoms with van der Waals surface area (Å²) < 4.78 is 5.77. The van der Waals surface area contributed by atoms with Crippen LogP contribution >= 0.6 is 0 Å². The summed E-state index contributed by atoms with van der Waals surface area (Å²) in [6.45, 7) is 4.06. The maximum absolute atomic E-state index is 12.5. The molecule has 0 atom stereocenters. The van der Waals surface area contributed by atoms with Gasteiger partial charge in [-0.25, -0.2) is 4.79 Å². The third kappa shape index (κ3) is 2.07. The molecule has 0 unspecified atom stereocenters. The Bertz CT molecular complexity index is 916. The molecule has 0 N–H and O–H groups in total. The lowest BCUT2D eigenvalue weighted by molar-refractivity contribution is 0.471. The third-order valence-electron chi connectivity index (χ3n) is 4.41. The van der Waals surface area contributed by atoms with Gasteiger partial charge in [0.1, 0.15) is 5.76 Å². The first kappa shape index (κ1) is 13.3. The second-order valence-electron chi connectivity index (χ2n) is 6.27. The molecule has 2 heteroatoms. The molecular weight excluding hydrogens is 272 g/mol. The zero-order valence-electron chi connectivity index (χ0n) is 12.8. The third-order valence-corrected chi connectivity index (χ3v) is 4.41. The summed E-state index contributed by atoms with van der Waals surface area (Å²) >= 11 is 0. The predicted octanol–water partition coefficient (Wildman–Crippen LogP) is 4.95. The van der Waals surface area contributed by atoms with Gasteiger partial charge in [0, 0.05) is 16.9 Å². The number of aryl methyl sites for hydroxylation is 2. The highest BCUT2D eigenvalue weighted by atomic mass is 16.4. The van der Waals surface area contributed by atoms with Gasteiger partial charge in [-0.3, -0.25) is 0 Å². The van der Waals surface area contributed by atoms with E-state index >= 15 is 0 Å². The van der Waals surface area contributed by atoms with Crippen LogP contribution < -0.4 is 5.63 Å². The molecule has 1 saturated carbocycles. The summed E-state index contributed by atoms with van der Waals surface area (Å²) in [6.07, 6.45) is 2.22. The van der Waals surface area contributed by atoms with E-state index in [4.69, 9.17) is 4.42 Å². The van der Waals surface area contributed by atoms with E-state index in [1.165, 1.54) is 5.56 Å². The minimum atomic E-state index is -0.200. The largest absolute Gasteiger partial charge is 0.426 e. The van der Waals surface area contributed by atoms with Crippen molar-refractivity contribution in [3.05, 3.63) is 69.8 Å². The van der Waals surface area contributed by atoms with E-state index in [1.54, 1.807) is 0 Å². The Morgan fingerprint density at radius 3 is 2.45 bits per heavy atom. The van der Waals surface area contributed by atoms with Crippen molar-refractivity contribution in [2.75, 3.05) is 0 Å². The molecule has 0 aliphatic heterocycles. The second kappa shape index (κ2) is 4.84. The van der Waals surface area contributed by atoms with E-state index in [0.717, 1.165) is 40.7 Å². The molecule has 1 aliphatic rings. The zero-order valence-corrected chi connectivity index (χ0v) is 12.8. The Labute approximate surface area is 129 Å². The Hall–Kier alpha value is -2.35.